The van der Waals surface area contributed by atoms with E-state index in [9.17, 15) is 9.59 Å². The van der Waals surface area contributed by atoms with Gasteiger partial charge in [-0.15, -0.1) is 23.7 Å². The number of carbonyl (C=O) groups excluding carboxylic acids is 2. The van der Waals surface area contributed by atoms with Crippen LogP contribution in [0.1, 0.15) is 202 Å². The highest BCUT2D eigenvalue weighted by Gasteiger charge is 2.28. The van der Waals surface area contributed by atoms with E-state index in [1.165, 1.54) is 51.4 Å². The van der Waals surface area contributed by atoms with Gasteiger partial charge < -0.3 is 14.4 Å². The van der Waals surface area contributed by atoms with Gasteiger partial charge in [0.1, 0.15) is 5.78 Å². The van der Waals surface area contributed by atoms with Gasteiger partial charge in [0, 0.05) is 45.1 Å². The Hall–Kier alpha value is -1.82. The Morgan fingerprint density at radius 3 is 1.71 bits per heavy atom. The maximum Gasteiger partial charge on any atom is 0.311 e. The van der Waals surface area contributed by atoms with Crippen molar-refractivity contribution in [3.05, 3.63) is 0 Å². The van der Waals surface area contributed by atoms with E-state index in [1.807, 2.05) is 13.8 Å². The predicted octanol–water partition coefficient (Wildman–Crippen LogP) is 12.1. The molecule has 5 heteroatoms. The molecule has 1 atom stereocenters. The normalized spacial score (nSPS) is 12.3. The minimum atomic E-state index is -0.455. The Labute approximate surface area is 317 Å². The number of ketones is 1. The van der Waals surface area contributed by atoms with Gasteiger partial charge in [-0.25, -0.2) is 0 Å². The first-order chi connectivity index (χ1) is 24.4. The zero-order valence-electron chi connectivity index (χ0n) is 35.2. The van der Waals surface area contributed by atoms with Gasteiger partial charge in [0.2, 0.25) is 0 Å². The molecule has 5 nitrogen and oxygen atoms in total. The Morgan fingerprint density at radius 1 is 0.627 bits per heavy atom. The molecule has 0 radical (unpaired) electrons. The fourth-order valence-corrected chi connectivity index (χ4v) is 6.25. The van der Waals surface area contributed by atoms with Crippen molar-refractivity contribution in [2.24, 2.45) is 16.7 Å². The highest BCUT2D eigenvalue weighted by Crippen LogP contribution is 2.29. The maximum atomic E-state index is 12.9. The lowest BCUT2D eigenvalue weighted by Gasteiger charge is -2.24. The molecule has 0 amide bonds. The van der Waals surface area contributed by atoms with E-state index in [4.69, 9.17) is 9.47 Å². The van der Waals surface area contributed by atoms with Crippen molar-refractivity contribution in [2.75, 3.05) is 40.5 Å². The van der Waals surface area contributed by atoms with E-state index in [0.717, 1.165) is 122 Å². The highest BCUT2D eigenvalue weighted by atomic mass is 16.5. The van der Waals surface area contributed by atoms with Gasteiger partial charge in [-0.3, -0.25) is 9.59 Å². The van der Waals surface area contributed by atoms with Gasteiger partial charge in [0.25, 0.3) is 0 Å². The number of ether oxygens (including phenoxy) is 2. The van der Waals surface area contributed by atoms with Crippen LogP contribution in [0.5, 0.6) is 0 Å². The van der Waals surface area contributed by atoms with Crippen LogP contribution >= 0.6 is 0 Å². The molecule has 0 aliphatic carbocycles. The number of hydrogen-bond donors (Lipinski definition) is 0. The molecular formula is C46H83NO4. The van der Waals surface area contributed by atoms with Crippen LogP contribution in [0.3, 0.4) is 0 Å². The minimum absolute atomic E-state index is 0.0775. The second kappa shape index (κ2) is 32.8. The number of rotatable bonds is 33. The van der Waals surface area contributed by atoms with Crippen molar-refractivity contribution in [1.29, 1.82) is 0 Å². The average molecular weight is 714 g/mol. The number of unbranched alkanes of at least 4 members (excludes halogenated alkanes) is 12. The van der Waals surface area contributed by atoms with Crippen molar-refractivity contribution in [1.82, 2.24) is 4.90 Å². The topological polar surface area (TPSA) is 55.8 Å². The summed E-state index contributed by atoms with van der Waals surface area (Å²) < 4.78 is 11.7. The van der Waals surface area contributed by atoms with Gasteiger partial charge in [-0.05, 0) is 104 Å². The molecule has 0 aliphatic rings. The van der Waals surface area contributed by atoms with E-state index in [-0.39, 0.29) is 11.4 Å². The summed E-state index contributed by atoms with van der Waals surface area (Å²) in [5.74, 6) is 13.8. The van der Waals surface area contributed by atoms with Crippen LogP contribution in [0.15, 0.2) is 0 Å². The number of hydrogen-bond acceptors (Lipinski definition) is 5. The van der Waals surface area contributed by atoms with Crippen LogP contribution in [0.2, 0.25) is 0 Å². The third kappa shape index (κ3) is 32.6. The number of Topliss-reactive ketones (excluding diaryl/α,β-unsaturated/α-hetero) is 1. The summed E-state index contributed by atoms with van der Waals surface area (Å²) in [4.78, 5) is 27.8. The second-order valence-electron chi connectivity index (χ2n) is 16.8. The summed E-state index contributed by atoms with van der Waals surface area (Å²) in [6.07, 6.45) is 26.2. The molecule has 0 N–H and O–H groups in total. The van der Waals surface area contributed by atoms with Gasteiger partial charge >= 0.3 is 5.97 Å². The molecule has 51 heavy (non-hydrogen) atoms. The summed E-state index contributed by atoms with van der Waals surface area (Å²) >= 11 is 0. The smallest absolute Gasteiger partial charge is 0.311 e. The highest BCUT2D eigenvalue weighted by molar-refractivity contribution is 5.78. The zero-order valence-corrected chi connectivity index (χ0v) is 35.2. The van der Waals surface area contributed by atoms with Crippen LogP contribution in [0.25, 0.3) is 0 Å². The van der Waals surface area contributed by atoms with E-state index < -0.39 is 5.41 Å². The molecule has 1 unspecified atom stereocenters. The van der Waals surface area contributed by atoms with Crippen LogP contribution < -0.4 is 0 Å². The standard InChI is InChI=1S/C46H83NO4/c1-9-11-13-15-17-19-21-29-38-50-41-45(3,4)35-27-23-25-32-42(40-43(48)34-31-37-47(7)8)33-26-24-28-36-46(5,6)44(49)51-39-30-22-20-18-16-14-12-10-2/h42H,9-14,19-41H2,1-8H3. The summed E-state index contributed by atoms with van der Waals surface area (Å²) in [6, 6.07) is 0. The predicted molar refractivity (Wildman–Crippen MR) is 219 cm³/mol. The lowest BCUT2D eigenvalue weighted by molar-refractivity contribution is -0.154. The molecule has 0 bridgehead atoms. The van der Waals surface area contributed by atoms with Crippen molar-refractivity contribution < 1.29 is 19.1 Å². The van der Waals surface area contributed by atoms with E-state index in [0.29, 0.717) is 24.7 Å². The molecule has 0 fully saturated rings. The first kappa shape index (κ1) is 49.2. The van der Waals surface area contributed by atoms with Crippen molar-refractivity contribution in [2.45, 2.75) is 202 Å². The Bertz CT molecular complexity index is 977. The van der Waals surface area contributed by atoms with Crippen LogP contribution in [-0.2, 0) is 19.1 Å². The number of esters is 1. The van der Waals surface area contributed by atoms with Crippen LogP contribution in [0, 0.1) is 40.4 Å². The quantitative estimate of drug-likeness (QED) is 0.0385. The van der Waals surface area contributed by atoms with E-state index in [2.05, 4.69) is 70.4 Å². The number of carbonyl (C=O) groups is 2. The molecule has 0 saturated carbocycles. The average Bonchev–Trinajstić information content (AvgIpc) is 3.07. The van der Waals surface area contributed by atoms with Crippen molar-refractivity contribution in [3.8, 4) is 23.7 Å². The Kier molecular flexibility index (Phi) is 31.6. The first-order valence-electron chi connectivity index (χ1n) is 21.3. The van der Waals surface area contributed by atoms with Gasteiger partial charge in [-0.2, -0.15) is 0 Å². The van der Waals surface area contributed by atoms with Crippen molar-refractivity contribution in [3.63, 3.8) is 0 Å². The Balaban J connectivity index is 4.45. The molecule has 0 spiro atoms. The molecule has 296 valence electrons. The fraction of sp³-hybridized carbons (Fsp3) is 0.870. The monoisotopic (exact) mass is 714 g/mol. The van der Waals surface area contributed by atoms with Crippen LogP contribution in [-0.4, -0.2) is 57.1 Å². The lowest BCUT2D eigenvalue weighted by atomic mass is 9.85. The largest absolute Gasteiger partial charge is 0.465 e. The van der Waals surface area contributed by atoms with E-state index in [1.54, 1.807) is 0 Å². The molecule has 0 aromatic carbocycles. The summed E-state index contributed by atoms with van der Waals surface area (Å²) in [5.41, 5.74) is -0.256. The molecule has 0 aromatic rings. The summed E-state index contributed by atoms with van der Waals surface area (Å²) in [7, 11) is 4.14. The molecule has 0 aliphatic heterocycles. The molecular weight excluding hydrogens is 631 g/mol. The molecule has 0 saturated heterocycles. The minimum Gasteiger partial charge on any atom is -0.465 e. The fourth-order valence-electron chi connectivity index (χ4n) is 6.25. The van der Waals surface area contributed by atoms with Gasteiger partial charge in [0.05, 0.1) is 18.6 Å². The van der Waals surface area contributed by atoms with Gasteiger partial charge in [-0.1, -0.05) is 91.9 Å². The van der Waals surface area contributed by atoms with E-state index >= 15 is 0 Å². The third-order valence-corrected chi connectivity index (χ3v) is 9.83. The lowest BCUT2D eigenvalue weighted by Crippen LogP contribution is -2.27. The second-order valence-corrected chi connectivity index (χ2v) is 16.8. The summed E-state index contributed by atoms with van der Waals surface area (Å²) in [5, 5.41) is 0. The maximum absolute atomic E-state index is 12.9. The third-order valence-electron chi connectivity index (χ3n) is 9.83. The first-order valence-corrected chi connectivity index (χ1v) is 21.3. The Morgan fingerprint density at radius 2 is 1.16 bits per heavy atom. The van der Waals surface area contributed by atoms with Gasteiger partial charge in [0.15, 0.2) is 0 Å². The summed E-state index contributed by atoms with van der Waals surface area (Å²) in [6.45, 7) is 16.2. The molecule has 0 aromatic heterocycles. The SMILES string of the molecule is CCCCC#CCCCCOCC(C)(C)CCCCCC(CCCCCC(C)(C)C(=O)OCCCCC#CCCCC)CC(=O)CCCN(C)C. The number of nitrogens with zero attached hydrogens (tertiary/aromatic N) is 1. The molecule has 0 heterocycles. The zero-order chi connectivity index (χ0) is 38.1. The van der Waals surface area contributed by atoms with Crippen molar-refractivity contribution >= 4 is 11.8 Å². The van der Waals surface area contributed by atoms with Crippen LogP contribution in [0.4, 0.5) is 0 Å². The molecule has 0 rings (SSSR count).